The van der Waals surface area contributed by atoms with Crippen molar-refractivity contribution in [3.05, 3.63) is 30.3 Å². The Morgan fingerprint density at radius 2 is 2.14 bits per heavy atom. The van der Waals surface area contributed by atoms with Gasteiger partial charge in [0.1, 0.15) is 10.6 Å². The monoisotopic (exact) mass is 214 g/mol. The van der Waals surface area contributed by atoms with Gasteiger partial charge in [-0.25, -0.2) is 0 Å². The first-order chi connectivity index (χ1) is 6.49. The number of benzene rings is 1. The minimum absolute atomic E-state index is 0.109. The second kappa shape index (κ2) is 3.81. The van der Waals surface area contributed by atoms with Crippen LogP contribution >= 0.6 is 0 Å². The standard InChI is InChI=1S/C9H10O4S/c1-3-7-4-5-8(13-2)9(6-7)14(10,11)12/h3-6H,1H2,2H3,(H,10,11,12). The molecular formula is C9H10O4S. The molecule has 0 saturated carbocycles. The Balaban J connectivity index is 3.44. The van der Waals surface area contributed by atoms with Gasteiger partial charge in [0.2, 0.25) is 0 Å². The largest absolute Gasteiger partial charge is 0.495 e. The van der Waals surface area contributed by atoms with Crippen LogP contribution in [0.3, 0.4) is 0 Å². The topological polar surface area (TPSA) is 63.6 Å². The first kappa shape index (κ1) is 10.7. The summed E-state index contributed by atoms with van der Waals surface area (Å²) in [5.41, 5.74) is 0.596. The van der Waals surface area contributed by atoms with E-state index in [2.05, 4.69) is 6.58 Å². The van der Waals surface area contributed by atoms with Gasteiger partial charge in [-0.3, -0.25) is 4.55 Å². The molecule has 0 radical (unpaired) electrons. The van der Waals surface area contributed by atoms with Crippen LogP contribution in [0.5, 0.6) is 5.75 Å². The predicted molar refractivity (Wildman–Crippen MR) is 52.9 cm³/mol. The van der Waals surface area contributed by atoms with E-state index >= 15 is 0 Å². The molecule has 1 N–H and O–H groups in total. The zero-order valence-electron chi connectivity index (χ0n) is 7.60. The van der Waals surface area contributed by atoms with Gasteiger partial charge in [-0.05, 0) is 17.7 Å². The molecule has 0 aliphatic carbocycles. The highest BCUT2D eigenvalue weighted by Gasteiger charge is 2.16. The molecule has 0 bridgehead atoms. The average Bonchev–Trinajstić information content (AvgIpc) is 2.15. The normalized spacial score (nSPS) is 11.0. The lowest BCUT2D eigenvalue weighted by molar-refractivity contribution is 0.397. The van der Waals surface area contributed by atoms with Crippen LogP contribution in [0.2, 0.25) is 0 Å². The van der Waals surface area contributed by atoms with Crippen molar-refractivity contribution >= 4 is 16.2 Å². The predicted octanol–water partition coefficient (Wildman–Crippen LogP) is 1.58. The lowest BCUT2D eigenvalue weighted by Gasteiger charge is -2.06. The van der Waals surface area contributed by atoms with Gasteiger partial charge in [-0.1, -0.05) is 18.7 Å². The molecular weight excluding hydrogens is 204 g/mol. The molecule has 14 heavy (non-hydrogen) atoms. The summed E-state index contributed by atoms with van der Waals surface area (Å²) in [5.74, 6) is 0.109. The third-order valence-corrected chi connectivity index (χ3v) is 2.58. The van der Waals surface area contributed by atoms with Gasteiger partial charge < -0.3 is 4.74 Å². The summed E-state index contributed by atoms with van der Waals surface area (Å²) >= 11 is 0. The summed E-state index contributed by atoms with van der Waals surface area (Å²) in [5, 5.41) is 0. The van der Waals surface area contributed by atoms with Gasteiger partial charge in [0.15, 0.2) is 0 Å². The molecule has 76 valence electrons. The number of hydrogen-bond acceptors (Lipinski definition) is 3. The van der Waals surface area contributed by atoms with Crippen LogP contribution in [0, 0.1) is 0 Å². The molecule has 0 spiro atoms. The Morgan fingerprint density at radius 1 is 1.50 bits per heavy atom. The molecule has 5 heteroatoms. The first-order valence-corrected chi connectivity index (χ1v) is 5.21. The number of hydrogen-bond donors (Lipinski definition) is 1. The van der Waals surface area contributed by atoms with Crippen LogP contribution in [-0.2, 0) is 10.1 Å². The van der Waals surface area contributed by atoms with Crippen LogP contribution in [0.15, 0.2) is 29.7 Å². The molecule has 4 nitrogen and oxygen atoms in total. The summed E-state index contributed by atoms with van der Waals surface area (Å²) < 4.78 is 35.5. The highest BCUT2D eigenvalue weighted by atomic mass is 32.2. The summed E-state index contributed by atoms with van der Waals surface area (Å²) in [6.45, 7) is 3.49. The fourth-order valence-electron chi connectivity index (χ4n) is 1.02. The highest BCUT2D eigenvalue weighted by Crippen LogP contribution is 2.24. The fourth-order valence-corrected chi connectivity index (χ4v) is 1.71. The molecule has 0 aliphatic rings. The maximum Gasteiger partial charge on any atom is 0.298 e. The van der Waals surface area contributed by atoms with Crippen LogP contribution in [0.4, 0.5) is 0 Å². The summed E-state index contributed by atoms with van der Waals surface area (Å²) in [7, 11) is -2.92. The second-order valence-electron chi connectivity index (χ2n) is 2.59. The zero-order chi connectivity index (χ0) is 10.8. The molecule has 0 aliphatic heterocycles. The third-order valence-electron chi connectivity index (χ3n) is 1.70. The molecule has 0 unspecified atom stereocenters. The van der Waals surface area contributed by atoms with Gasteiger partial charge in [0.05, 0.1) is 7.11 Å². The molecule has 0 fully saturated rings. The smallest absolute Gasteiger partial charge is 0.298 e. The van der Waals surface area contributed by atoms with E-state index in [0.717, 1.165) is 0 Å². The molecule has 1 rings (SSSR count). The van der Waals surface area contributed by atoms with E-state index in [1.165, 1.54) is 25.3 Å². The molecule has 0 aromatic heterocycles. The van der Waals surface area contributed by atoms with E-state index in [1.807, 2.05) is 0 Å². The van der Waals surface area contributed by atoms with Crippen LogP contribution in [0.1, 0.15) is 5.56 Å². The molecule has 0 saturated heterocycles. The first-order valence-electron chi connectivity index (χ1n) is 3.77. The third kappa shape index (κ3) is 2.12. The van der Waals surface area contributed by atoms with Gasteiger partial charge in [-0.2, -0.15) is 8.42 Å². The Morgan fingerprint density at radius 3 is 2.57 bits per heavy atom. The Kier molecular flexibility index (Phi) is 2.93. The van der Waals surface area contributed by atoms with E-state index in [-0.39, 0.29) is 10.6 Å². The summed E-state index contributed by atoms with van der Waals surface area (Å²) in [6, 6.07) is 4.39. The SMILES string of the molecule is C=Cc1ccc(OC)c(S(=O)(=O)O)c1. The maximum absolute atomic E-state index is 10.9. The Labute approximate surface area is 82.6 Å². The van der Waals surface area contributed by atoms with E-state index in [9.17, 15) is 8.42 Å². The van der Waals surface area contributed by atoms with Gasteiger partial charge in [0.25, 0.3) is 10.1 Å². The molecule has 0 heterocycles. The molecule has 1 aromatic carbocycles. The van der Waals surface area contributed by atoms with Crippen LogP contribution in [-0.4, -0.2) is 20.1 Å². The van der Waals surface area contributed by atoms with E-state index in [1.54, 1.807) is 6.07 Å². The molecule has 0 amide bonds. The van der Waals surface area contributed by atoms with Crippen molar-refractivity contribution in [3.8, 4) is 5.75 Å². The van der Waals surface area contributed by atoms with E-state index in [0.29, 0.717) is 5.56 Å². The van der Waals surface area contributed by atoms with Crippen molar-refractivity contribution in [3.63, 3.8) is 0 Å². The Hall–Kier alpha value is -1.33. The maximum atomic E-state index is 10.9. The van der Waals surface area contributed by atoms with Crippen molar-refractivity contribution in [1.82, 2.24) is 0 Å². The number of ether oxygens (including phenoxy) is 1. The van der Waals surface area contributed by atoms with Gasteiger partial charge in [-0.15, -0.1) is 0 Å². The molecule has 1 aromatic rings. The Bertz CT molecular complexity index is 448. The highest BCUT2D eigenvalue weighted by molar-refractivity contribution is 7.86. The summed E-state index contributed by atoms with van der Waals surface area (Å²) in [4.78, 5) is -0.252. The van der Waals surface area contributed by atoms with Crippen LogP contribution < -0.4 is 4.74 Å². The van der Waals surface area contributed by atoms with Crippen molar-refractivity contribution in [1.29, 1.82) is 0 Å². The lowest BCUT2D eigenvalue weighted by atomic mass is 10.2. The van der Waals surface area contributed by atoms with Crippen molar-refractivity contribution in [2.75, 3.05) is 7.11 Å². The average molecular weight is 214 g/mol. The van der Waals surface area contributed by atoms with Crippen molar-refractivity contribution in [2.24, 2.45) is 0 Å². The number of rotatable bonds is 3. The zero-order valence-corrected chi connectivity index (χ0v) is 8.41. The summed E-state index contributed by atoms with van der Waals surface area (Å²) in [6.07, 6.45) is 1.48. The van der Waals surface area contributed by atoms with Crippen molar-refractivity contribution < 1.29 is 17.7 Å². The van der Waals surface area contributed by atoms with Gasteiger partial charge in [0, 0.05) is 0 Å². The van der Waals surface area contributed by atoms with Gasteiger partial charge >= 0.3 is 0 Å². The number of methoxy groups -OCH3 is 1. The van der Waals surface area contributed by atoms with E-state index in [4.69, 9.17) is 9.29 Å². The minimum atomic E-state index is -4.25. The lowest BCUT2D eigenvalue weighted by Crippen LogP contribution is -2.01. The van der Waals surface area contributed by atoms with Crippen molar-refractivity contribution in [2.45, 2.75) is 4.90 Å². The van der Waals surface area contributed by atoms with E-state index < -0.39 is 10.1 Å². The van der Waals surface area contributed by atoms with Crippen LogP contribution in [0.25, 0.3) is 6.08 Å². The second-order valence-corrected chi connectivity index (χ2v) is 3.98. The fraction of sp³-hybridized carbons (Fsp3) is 0.111. The molecule has 0 atom stereocenters. The quantitative estimate of drug-likeness (QED) is 0.776. The minimum Gasteiger partial charge on any atom is -0.495 e.